The second-order valence-electron chi connectivity index (χ2n) is 7.80. The molecule has 11 heteroatoms. The third-order valence-corrected chi connectivity index (χ3v) is 6.07. The summed E-state index contributed by atoms with van der Waals surface area (Å²) in [6.45, 7) is 7.93. The van der Waals surface area contributed by atoms with Crippen molar-refractivity contribution in [3.8, 4) is 5.75 Å². The summed E-state index contributed by atoms with van der Waals surface area (Å²) in [5.74, 6) is 2.36. The molecule has 0 aliphatic heterocycles. The van der Waals surface area contributed by atoms with E-state index >= 15 is 0 Å². The molecule has 0 atom stereocenters. The molecule has 0 bridgehead atoms. The summed E-state index contributed by atoms with van der Waals surface area (Å²) >= 11 is 13.6. The van der Waals surface area contributed by atoms with Gasteiger partial charge in [0.2, 0.25) is 0 Å². The van der Waals surface area contributed by atoms with Gasteiger partial charge in [0.05, 0.1) is 23.2 Å². The molecule has 0 saturated heterocycles. The number of thioether (sulfide) groups is 1. The number of amides is 1. The number of aromatic nitrogens is 4. The van der Waals surface area contributed by atoms with Crippen molar-refractivity contribution < 1.29 is 9.53 Å². The normalized spacial score (nSPS) is 11.2. The van der Waals surface area contributed by atoms with Gasteiger partial charge in [-0.2, -0.15) is 5.10 Å². The van der Waals surface area contributed by atoms with E-state index < -0.39 is 0 Å². The molecular weight excluding hydrogens is 483 g/mol. The first-order chi connectivity index (χ1) is 15.9. The molecule has 0 aliphatic rings. The molecule has 3 rings (SSSR count). The molecule has 2 heterocycles. The van der Waals surface area contributed by atoms with Gasteiger partial charge in [0, 0.05) is 23.9 Å². The number of anilines is 1. The molecule has 0 radical (unpaired) electrons. The van der Waals surface area contributed by atoms with Crippen LogP contribution in [-0.2, 0) is 11.3 Å². The van der Waals surface area contributed by atoms with Crippen LogP contribution in [0.2, 0.25) is 10.0 Å². The van der Waals surface area contributed by atoms with Crippen molar-refractivity contribution in [2.24, 2.45) is 5.92 Å². The Kier molecular flexibility index (Phi) is 9.46. The second-order valence-corrected chi connectivity index (χ2v) is 9.70. The van der Waals surface area contributed by atoms with Crippen LogP contribution in [0.25, 0.3) is 11.0 Å². The predicted molar refractivity (Wildman–Crippen MR) is 135 cm³/mol. The molecule has 0 aliphatic carbocycles. The first-order valence-electron chi connectivity index (χ1n) is 10.8. The highest BCUT2D eigenvalue weighted by Crippen LogP contribution is 2.27. The van der Waals surface area contributed by atoms with Gasteiger partial charge in [-0.1, -0.05) is 55.7 Å². The Morgan fingerprint density at radius 2 is 2.09 bits per heavy atom. The lowest BCUT2D eigenvalue weighted by molar-refractivity contribution is -0.123. The number of rotatable bonds is 12. The average molecular weight is 511 g/mol. The molecular formula is C22H28Cl2N6O2S. The van der Waals surface area contributed by atoms with Gasteiger partial charge in [-0.25, -0.2) is 14.6 Å². The largest absolute Gasteiger partial charge is 0.482 e. The molecule has 1 amide bonds. The monoisotopic (exact) mass is 510 g/mol. The summed E-state index contributed by atoms with van der Waals surface area (Å²) in [5, 5.41) is 13.2. The quantitative estimate of drug-likeness (QED) is 0.264. The summed E-state index contributed by atoms with van der Waals surface area (Å²) in [6, 6.07) is 4.85. The lowest BCUT2D eigenvalue weighted by Crippen LogP contribution is -2.31. The van der Waals surface area contributed by atoms with Crippen molar-refractivity contribution in [2.45, 2.75) is 38.9 Å². The van der Waals surface area contributed by atoms with Crippen LogP contribution in [-0.4, -0.2) is 51.1 Å². The number of nitrogens with one attached hydrogen (secondary N) is 2. The number of carbonyl (C=O) groups is 1. The Balaban J connectivity index is 1.62. The van der Waals surface area contributed by atoms with Crippen LogP contribution in [0.15, 0.2) is 29.6 Å². The molecule has 0 unspecified atom stereocenters. The van der Waals surface area contributed by atoms with E-state index in [0.717, 1.165) is 40.7 Å². The lowest BCUT2D eigenvalue weighted by Gasteiger charge is -2.11. The minimum Gasteiger partial charge on any atom is -0.482 e. The van der Waals surface area contributed by atoms with E-state index in [9.17, 15) is 4.79 Å². The summed E-state index contributed by atoms with van der Waals surface area (Å²) in [6.07, 6.45) is 2.80. The zero-order valence-corrected chi connectivity index (χ0v) is 21.2. The minimum absolute atomic E-state index is 0.148. The lowest BCUT2D eigenvalue weighted by atomic mass is 10.2. The number of hydrogen-bond donors (Lipinski definition) is 2. The van der Waals surface area contributed by atoms with E-state index in [1.165, 1.54) is 0 Å². The number of hydrogen-bond acceptors (Lipinski definition) is 7. The van der Waals surface area contributed by atoms with E-state index in [0.29, 0.717) is 34.8 Å². The highest BCUT2D eigenvalue weighted by atomic mass is 35.5. The van der Waals surface area contributed by atoms with Crippen molar-refractivity contribution in [3.63, 3.8) is 0 Å². The first-order valence-corrected chi connectivity index (χ1v) is 12.6. The fraction of sp³-hybridized carbons (Fsp3) is 0.455. The molecule has 178 valence electrons. The van der Waals surface area contributed by atoms with Gasteiger partial charge in [0.15, 0.2) is 17.4 Å². The van der Waals surface area contributed by atoms with Crippen molar-refractivity contribution >= 4 is 57.7 Å². The van der Waals surface area contributed by atoms with Crippen molar-refractivity contribution in [1.82, 2.24) is 25.1 Å². The Morgan fingerprint density at radius 1 is 1.27 bits per heavy atom. The summed E-state index contributed by atoms with van der Waals surface area (Å²) in [4.78, 5) is 21.6. The van der Waals surface area contributed by atoms with E-state index in [2.05, 4.69) is 41.5 Å². The smallest absolute Gasteiger partial charge is 0.258 e. The van der Waals surface area contributed by atoms with Gasteiger partial charge < -0.3 is 15.4 Å². The van der Waals surface area contributed by atoms with Gasteiger partial charge in [-0.3, -0.25) is 4.79 Å². The molecule has 33 heavy (non-hydrogen) atoms. The predicted octanol–water partition coefficient (Wildman–Crippen LogP) is 4.90. The van der Waals surface area contributed by atoms with E-state index in [1.54, 1.807) is 40.8 Å². The fourth-order valence-corrected chi connectivity index (χ4v) is 4.04. The average Bonchev–Trinajstić information content (AvgIpc) is 3.18. The number of nitrogens with zero attached hydrogens (tertiary/aromatic N) is 4. The highest BCUT2D eigenvalue weighted by molar-refractivity contribution is 7.99. The third kappa shape index (κ3) is 7.38. The van der Waals surface area contributed by atoms with Gasteiger partial charge in [-0.15, -0.1) is 0 Å². The maximum atomic E-state index is 12.2. The maximum Gasteiger partial charge on any atom is 0.258 e. The molecule has 2 aromatic heterocycles. The van der Waals surface area contributed by atoms with Crippen LogP contribution in [0.1, 0.15) is 27.2 Å². The summed E-state index contributed by atoms with van der Waals surface area (Å²) in [7, 11) is 0. The number of carbonyl (C=O) groups excluding carboxylic acids is 1. The molecule has 8 nitrogen and oxygen atoms in total. The van der Waals surface area contributed by atoms with Crippen molar-refractivity contribution in [1.29, 1.82) is 0 Å². The zero-order chi connectivity index (χ0) is 23.8. The van der Waals surface area contributed by atoms with E-state index in [4.69, 9.17) is 32.9 Å². The summed E-state index contributed by atoms with van der Waals surface area (Å²) in [5.41, 5.74) is 0.744. The summed E-state index contributed by atoms with van der Waals surface area (Å²) < 4.78 is 7.25. The minimum atomic E-state index is -0.259. The Bertz CT molecular complexity index is 1090. The molecule has 0 fully saturated rings. The highest BCUT2D eigenvalue weighted by Gasteiger charge is 2.14. The molecule has 3 aromatic rings. The van der Waals surface area contributed by atoms with Crippen LogP contribution >= 0.6 is 35.0 Å². The van der Waals surface area contributed by atoms with Gasteiger partial charge in [-0.05, 0) is 30.5 Å². The number of fused-ring (bicyclic) bond motifs is 1. The van der Waals surface area contributed by atoms with Crippen LogP contribution in [0, 0.1) is 5.92 Å². The number of benzene rings is 1. The standard InChI is InChI=1S/C22H28Cl2N6O2S/c1-4-9-33-22-28-20(26-11-14(2)3)16-12-27-30(21(16)29-22)8-7-25-19(31)13-32-18-6-5-15(23)10-17(18)24/h5-6,10,12,14H,4,7-9,11,13H2,1-3H3,(H,25,31)(H,26,28,29). The molecule has 0 saturated carbocycles. The zero-order valence-electron chi connectivity index (χ0n) is 18.9. The van der Waals surface area contributed by atoms with E-state index in [1.807, 2.05) is 0 Å². The van der Waals surface area contributed by atoms with E-state index in [-0.39, 0.29) is 12.5 Å². The fourth-order valence-electron chi connectivity index (χ4n) is 2.88. The Labute approximate surface area is 207 Å². The van der Waals surface area contributed by atoms with Gasteiger partial charge in [0.1, 0.15) is 11.6 Å². The van der Waals surface area contributed by atoms with Crippen molar-refractivity contribution in [3.05, 3.63) is 34.4 Å². The van der Waals surface area contributed by atoms with Crippen LogP contribution < -0.4 is 15.4 Å². The van der Waals surface area contributed by atoms with Crippen molar-refractivity contribution in [2.75, 3.05) is 30.8 Å². The van der Waals surface area contributed by atoms with Gasteiger partial charge in [0.25, 0.3) is 5.91 Å². The molecule has 1 aromatic carbocycles. The first kappa shape index (κ1) is 25.4. The maximum absolute atomic E-state index is 12.2. The second kappa shape index (κ2) is 12.3. The Morgan fingerprint density at radius 3 is 2.82 bits per heavy atom. The van der Waals surface area contributed by atoms with Crippen LogP contribution in [0.5, 0.6) is 5.75 Å². The number of ether oxygens (including phenoxy) is 1. The molecule has 2 N–H and O–H groups in total. The van der Waals surface area contributed by atoms with Crippen LogP contribution in [0.3, 0.4) is 0 Å². The van der Waals surface area contributed by atoms with Gasteiger partial charge >= 0.3 is 0 Å². The Hall–Kier alpha value is -2.23. The number of halogens is 2. The third-order valence-electron chi connectivity index (χ3n) is 4.49. The topological polar surface area (TPSA) is 94.0 Å². The molecule has 0 spiro atoms. The van der Waals surface area contributed by atoms with Crippen LogP contribution in [0.4, 0.5) is 5.82 Å². The SMILES string of the molecule is CCCSc1nc(NCC(C)C)c2cnn(CCNC(=O)COc3ccc(Cl)cc3Cl)c2n1.